The summed E-state index contributed by atoms with van der Waals surface area (Å²) in [5.41, 5.74) is 0.580. The summed E-state index contributed by atoms with van der Waals surface area (Å²) < 4.78 is 41.0. The van der Waals surface area contributed by atoms with E-state index in [1.165, 1.54) is 18.9 Å². The number of likely N-dealkylation sites (tertiary alicyclic amines) is 3. The fourth-order valence-corrected chi connectivity index (χ4v) is 7.58. The highest BCUT2D eigenvalue weighted by atomic mass is 35.5. The second-order valence-corrected chi connectivity index (χ2v) is 13.3. The minimum Gasteiger partial charge on any atom is -0.506 e. The molecule has 10 nitrogen and oxygen atoms in total. The number of phenols is 1. The van der Waals surface area contributed by atoms with E-state index in [-0.39, 0.29) is 30.0 Å². The minimum atomic E-state index is -4.86. The maximum absolute atomic E-state index is 13.9. The molecule has 3 N–H and O–H groups in total. The van der Waals surface area contributed by atoms with Crippen LogP contribution in [0.2, 0.25) is 5.02 Å². The van der Waals surface area contributed by atoms with Crippen molar-refractivity contribution in [1.82, 2.24) is 24.9 Å². The van der Waals surface area contributed by atoms with E-state index in [9.17, 15) is 32.7 Å². The molecule has 14 heteroatoms. The number of nitrogens with zero attached hydrogens (tertiary/aromatic N) is 4. The Bertz CT molecular complexity index is 1490. The highest BCUT2D eigenvalue weighted by Gasteiger charge is 2.38. The number of carbonyl (C=O) groups is 3. The number of rotatable bonds is 6. The Balaban J connectivity index is 1.13. The third-order valence-corrected chi connectivity index (χ3v) is 10.2. The Morgan fingerprint density at radius 3 is 2.28 bits per heavy atom. The Morgan fingerprint density at radius 1 is 0.957 bits per heavy atom. The molecule has 1 atom stereocenters. The summed E-state index contributed by atoms with van der Waals surface area (Å²) in [7, 11) is 0. The highest BCUT2D eigenvalue weighted by Crippen LogP contribution is 2.40. The normalized spacial score (nSPS) is 20.6. The Kier molecular flexibility index (Phi) is 9.75. The number of para-hydroxylation sites is 1. The number of piperidine rings is 2. The molecule has 0 spiro atoms. The van der Waals surface area contributed by atoms with Crippen molar-refractivity contribution in [2.75, 3.05) is 44.6 Å². The number of halogens is 4. The van der Waals surface area contributed by atoms with Crippen molar-refractivity contribution >= 4 is 35.3 Å². The number of benzene rings is 2. The summed E-state index contributed by atoms with van der Waals surface area (Å²) in [5, 5.41) is 15.2. The first-order valence-electron chi connectivity index (χ1n) is 16.3. The number of anilines is 1. The molecule has 0 radical (unpaired) electrons. The van der Waals surface area contributed by atoms with Gasteiger partial charge in [0.2, 0.25) is 5.91 Å². The molecule has 0 aromatic heterocycles. The maximum atomic E-state index is 13.9. The third-order valence-electron chi connectivity index (χ3n) is 9.95. The second kappa shape index (κ2) is 13.8. The summed E-state index contributed by atoms with van der Waals surface area (Å²) in [6.45, 7) is 4.23. The summed E-state index contributed by atoms with van der Waals surface area (Å²) >= 11 is 5.98. The topological polar surface area (TPSA) is 108 Å². The second-order valence-electron chi connectivity index (χ2n) is 12.9. The molecule has 0 unspecified atom stereocenters. The van der Waals surface area contributed by atoms with Crippen LogP contribution in [0.5, 0.6) is 5.75 Å². The van der Waals surface area contributed by atoms with Crippen molar-refractivity contribution in [3.8, 4) is 5.75 Å². The monoisotopic (exact) mass is 676 g/mol. The van der Waals surface area contributed by atoms with Gasteiger partial charge < -0.3 is 35.3 Å². The van der Waals surface area contributed by atoms with Crippen molar-refractivity contribution in [2.24, 2.45) is 0 Å². The van der Waals surface area contributed by atoms with Gasteiger partial charge in [0.05, 0.1) is 10.6 Å². The van der Waals surface area contributed by atoms with Crippen LogP contribution < -0.4 is 10.6 Å². The number of aromatic hydroxyl groups is 1. The van der Waals surface area contributed by atoms with Crippen LogP contribution in [0.3, 0.4) is 0 Å². The average molecular weight is 677 g/mol. The molecule has 3 saturated heterocycles. The van der Waals surface area contributed by atoms with Gasteiger partial charge in [0.1, 0.15) is 11.8 Å². The quantitative estimate of drug-likeness (QED) is 0.386. The standard InChI is InChI=1S/C33H40ClF3N6O4/c34-26-18-21(17-25(29(26)44)33(35,36)37)19-28(30(45)41-13-7-23(8-14-41)40-11-3-4-12-40)39-31(46)42-15-9-24(10-16-42)43-20-22-5-1-2-6-27(22)38-32(43)47/h1-2,5-6,17-18,23-24,28,44H,3-4,7-16,19-20H2,(H,38,47)(H,39,46)/t28-/m1/s1. The molecule has 2 aromatic rings. The van der Waals surface area contributed by atoms with Crippen LogP contribution in [0.4, 0.5) is 28.4 Å². The summed E-state index contributed by atoms with van der Waals surface area (Å²) in [5.74, 6) is -1.44. The van der Waals surface area contributed by atoms with Gasteiger partial charge in [-0.3, -0.25) is 4.79 Å². The molecule has 2 aromatic carbocycles. The number of hydrogen-bond donors (Lipinski definition) is 3. The molecule has 6 rings (SSSR count). The van der Waals surface area contributed by atoms with Gasteiger partial charge in [-0.2, -0.15) is 13.2 Å². The van der Waals surface area contributed by atoms with Gasteiger partial charge in [-0.05, 0) is 80.9 Å². The first-order valence-corrected chi connectivity index (χ1v) is 16.7. The average Bonchev–Trinajstić information content (AvgIpc) is 3.60. The number of phenolic OH excluding ortho intramolecular Hbond substituents is 1. The Hall–Kier alpha value is -3.71. The van der Waals surface area contributed by atoms with Crippen molar-refractivity contribution in [3.63, 3.8) is 0 Å². The lowest BCUT2D eigenvalue weighted by Crippen LogP contribution is -2.57. The predicted octanol–water partition coefficient (Wildman–Crippen LogP) is 5.28. The Morgan fingerprint density at radius 2 is 1.60 bits per heavy atom. The molecule has 0 saturated carbocycles. The van der Waals surface area contributed by atoms with E-state index in [1.54, 1.807) is 14.7 Å². The SMILES string of the molecule is O=C(N[C@H](Cc1cc(Cl)c(O)c(C(F)(F)F)c1)C(=O)N1CCC(N2CCCC2)CC1)N1CCC(N2Cc3ccccc3NC2=O)CC1. The van der Waals surface area contributed by atoms with Crippen molar-refractivity contribution in [2.45, 2.75) is 75.8 Å². The van der Waals surface area contributed by atoms with Crippen molar-refractivity contribution in [3.05, 3.63) is 58.1 Å². The molecule has 5 amide bonds. The zero-order valence-electron chi connectivity index (χ0n) is 26.1. The number of alkyl halides is 3. The Labute approximate surface area is 276 Å². The van der Waals surface area contributed by atoms with E-state index in [1.807, 2.05) is 24.3 Å². The smallest absolute Gasteiger partial charge is 0.420 e. The van der Waals surface area contributed by atoms with E-state index in [0.29, 0.717) is 51.6 Å². The van der Waals surface area contributed by atoms with Crippen LogP contribution >= 0.6 is 11.6 Å². The number of nitrogens with one attached hydrogen (secondary N) is 2. The number of urea groups is 2. The molecular weight excluding hydrogens is 637 g/mol. The molecule has 0 bridgehead atoms. The number of carbonyl (C=O) groups excluding carboxylic acids is 3. The summed E-state index contributed by atoms with van der Waals surface area (Å²) in [6, 6.07) is 8.08. The van der Waals surface area contributed by atoms with Gasteiger partial charge in [-0.25, -0.2) is 9.59 Å². The fourth-order valence-electron chi connectivity index (χ4n) is 7.34. The molecular formula is C33H40ClF3N6O4. The van der Waals surface area contributed by atoms with Crippen LogP contribution in [0.15, 0.2) is 36.4 Å². The van der Waals surface area contributed by atoms with Crippen LogP contribution in [0.1, 0.15) is 55.2 Å². The van der Waals surface area contributed by atoms with E-state index in [4.69, 9.17) is 11.6 Å². The minimum absolute atomic E-state index is 0.0702. The molecule has 3 fully saturated rings. The van der Waals surface area contributed by atoms with Crippen LogP contribution in [0.25, 0.3) is 0 Å². The first-order chi connectivity index (χ1) is 22.5. The zero-order chi connectivity index (χ0) is 33.3. The van der Waals surface area contributed by atoms with E-state index < -0.39 is 34.6 Å². The van der Waals surface area contributed by atoms with Crippen LogP contribution in [0, 0.1) is 0 Å². The molecule has 47 heavy (non-hydrogen) atoms. The lowest BCUT2D eigenvalue weighted by atomic mass is 9.98. The zero-order valence-corrected chi connectivity index (χ0v) is 26.8. The highest BCUT2D eigenvalue weighted by molar-refractivity contribution is 6.32. The predicted molar refractivity (Wildman–Crippen MR) is 170 cm³/mol. The lowest BCUT2D eigenvalue weighted by Gasteiger charge is -2.41. The number of hydrogen-bond acceptors (Lipinski definition) is 5. The van der Waals surface area contributed by atoms with Gasteiger partial charge >= 0.3 is 18.2 Å². The summed E-state index contributed by atoms with van der Waals surface area (Å²) in [4.78, 5) is 47.8. The van der Waals surface area contributed by atoms with E-state index in [0.717, 1.165) is 43.2 Å². The van der Waals surface area contributed by atoms with Crippen LogP contribution in [-0.2, 0) is 23.9 Å². The van der Waals surface area contributed by atoms with Gasteiger partial charge in [0, 0.05) is 56.9 Å². The number of amides is 5. The summed E-state index contributed by atoms with van der Waals surface area (Å²) in [6.07, 6.45) is -0.111. The molecule has 4 heterocycles. The maximum Gasteiger partial charge on any atom is 0.420 e. The van der Waals surface area contributed by atoms with E-state index >= 15 is 0 Å². The van der Waals surface area contributed by atoms with Crippen LogP contribution in [-0.4, -0.2) is 100 Å². The van der Waals surface area contributed by atoms with Gasteiger partial charge in [-0.15, -0.1) is 0 Å². The third kappa shape index (κ3) is 7.40. The number of fused-ring (bicyclic) bond motifs is 1. The lowest BCUT2D eigenvalue weighted by molar-refractivity contribution is -0.138. The molecule has 254 valence electrons. The fraction of sp³-hybridized carbons (Fsp3) is 0.545. The molecule has 4 aliphatic heterocycles. The largest absolute Gasteiger partial charge is 0.506 e. The molecule has 0 aliphatic carbocycles. The molecule has 4 aliphatic rings. The van der Waals surface area contributed by atoms with Crippen molar-refractivity contribution < 1.29 is 32.7 Å². The first kappa shape index (κ1) is 33.2. The van der Waals surface area contributed by atoms with Gasteiger partial charge in [0.25, 0.3) is 0 Å². The van der Waals surface area contributed by atoms with Crippen molar-refractivity contribution in [1.29, 1.82) is 0 Å². The van der Waals surface area contributed by atoms with E-state index in [2.05, 4.69) is 15.5 Å². The van der Waals surface area contributed by atoms with Gasteiger partial charge in [0.15, 0.2) is 0 Å². The van der Waals surface area contributed by atoms with Gasteiger partial charge in [-0.1, -0.05) is 29.8 Å².